The molecule has 0 atom stereocenters. The number of rotatable bonds is 12. The van der Waals surface area contributed by atoms with Crippen LogP contribution in [0.15, 0.2) is 59.0 Å². The van der Waals surface area contributed by atoms with Crippen molar-refractivity contribution in [1.29, 1.82) is 0 Å². The maximum atomic E-state index is 13.3. The minimum atomic E-state index is -0.456. The Kier molecular flexibility index (Phi) is 10.3. The second kappa shape index (κ2) is 13.6. The van der Waals surface area contributed by atoms with E-state index in [1.807, 2.05) is 18.2 Å². The van der Waals surface area contributed by atoms with Crippen molar-refractivity contribution in [3.63, 3.8) is 0 Å². The van der Waals surface area contributed by atoms with Gasteiger partial charge in [0.1, 0.15) is 10.8 Å². The minimum absolute atomic E-state index is 0.292. The van der Waals surface area contributed by atoms with Gasteiger partial charge in [-0.25, -0.2) is 9.82 Å². The van der Waals surface area contributed by atoms with Crippen LogP contribution in [0.3, 0.4) is 0 Å². The van der Waals surface area contributed by atoms with Crippen LogP contribution in [0, 0.1) is 12.7 Å². The van der Waals surface area contributed by atoms with Crippen LogP contribution in [0.4, 0.5) is 9.39 Å². The number of aryl methyl sites for hydroxylation is 1. The summed E-state index contributed by atoms with van der Waals surface area (Å²) in [4.78, 5) is 28.1. The topological polar surface area (TPSA) is 85.8 Å². The molecule has 9 heteroatoms. The highest BCUT2D eigenvalue weighted by atomic mass is 32.1. The number of carbonyl (C=O) groups is 2. The number of amides is 2. The van der Waals surface area contributed by atoms with E-state index in [1.54, 1.807) is 30.5 Å². The van der Waals surface area contributed by atoms with E-state index < -0.39 is 5.91 Å². The average Bonchev–Trinajstić information content (AvgIpc) is 3.24. The van der Waals surface area contributed by atoms with E-state index in [-0.39, 0.29) is 11.7 Å². The number of nitrogens with one attached hydrogen (secondary N) is 3. The molecule has 0 aliphatic carbocycles. The number of hydrogen-bond donors (Lipinski definition) is 3. The number of hydrazone groups is 1. The van der Waals surface area contributed by atoms with Crippen LogP contribution in [-0.2, 0) is 6.54 Å². The second-order valence-corrected chi connectivity index (χ2v) is 9.11. The third-order valence-electron chi connectivity index (χ3n) is 5.67. The van der Waals surface area contributed by atoms with Gasteiger partial charge < -0.3 is 15.5 Å². The standard InChI is InChI=1S/C27H32FN5O2S/c1-4-33(5-2)13-12-29-16-20-8-6-10-22(14-20)25(34)31-27-24(19(3)18-36-27)26(35)32-30-17-21-9-7-11-23(28)15-21/h6-11,14-15,17-18,29H,4-5,12-13,16H2,1-3H3,(H,31,34)(H,32,35). The first-order valence-corrected chi connectivity index (χ1v) is 12.8. The summed E-state index contributed by atoms with van der Waals surface area (Å²) >= 11 is 1.28. The molecular weight excluding hydrogens is 477 g/mol. The van der Waals surface area contributed by atoms with Gasteiger partial charge in [0, 0.05) is 25.2 Å². The lowest BCUT2D eigenvalue weighted by Gasteiger charge is -2.18. The second-order valence-electron chi connectivity index (χ2n) is 8.24. The first kappa shape index (κ1) is 27.2. The Hall–Kier alpha value is -3.40. The SMILES string of the molecule is CCN(CC)CCNCc1cccc(C(=O)Nc2scc(C)c2C(=O)NN=Cc2cccc(F)c2)c1. The van der Waals surface area contributed by atoms with E-state index in [0.717, 1.165) is 37.3 Å². The number of anilines is 1. The maximum absolute atomic E-state index is 13.3. The number of hydrogen-bond acceptors (Lipinski definition) is 6. The number of carbonyl (C=O) groups excluding carboxylic acids is 2. The van der Waals surface area contributed by atoms with Crippen molar-refractivity contribution in [1.82, 2.24) is 15.6 Å². The van der Waals surface area contributed by atoms with Crippen LogP contribution >= 0.6 is 11.3 Å². The fraction of sp³-hybridized carbons (Fsp3) is 0.296. The Balaban J connectivity index is 1.60. The van der Waals surface area contributed by atoms with Gasteiger partial charge in [0.25, 0.3) is 11.8 Å². The average molecular weight is 510 g/mol. The number of benzene rings is 2. The molecule has 0 aliphatic heterocycles. The molecule has 2 amide bonds. The van der Waals surface area contributed by atoms with Crippen LogP contribution in [0.1, 0.15) is 51.3 Å². The highest BCUT2D eigenvalue weighted by Gasteiger charge is 2.19. The molecule has 3 rings (SSSR count). The number of halogens is 1. The molecule has 0 saturated heterocycles. The van der Waals surface area contributed by atoms with Crippen molar-refractivity contribution in [3.05, 3.63) is 87.5 Å². The quantitative estimate of drug-likeness (QED) is 0.189. The molecule has 0 unspecified atom stereocenters. The zero-order valence-corrected chi connectivity index (χ0v) is 21.6. The molecule has 3 aromatic rings. The summed E-state index contributed by atoms with van der Waals surface area (Å²) in [6.07, 6.45) is 1.36. The largest absolute Gasteiger partial charge is 0.313 e. The normalized spacial score (nSPS) is 11.2. The van der Waals surface area contributed by atoms with E-state index in [1.165, 1.54) is 29.7 Å². The molecule has 0 fully saturated rings. The van der Waals surface area contributed by atoms with Crippen molar-refractivity contribution in [2.75, 3.05) is 31.5 Å². The van der Waals surface area contributed by atoms with Gasteiger partial charge >= 0.3 is 0 Å². The first-order valence-electron chi connectivity index (χ1n) is 11.9. The molecule has 0 saturated carbocycles. The zero-order valence-electron chi connectivity index (χ0n) is 20.8. The number of likely N-dealkylation sites (N-methyl/N-ethyl adjacent to an activating group) is 1. The Bertz CT molecular complexity index is 1210. The molecule has 36 heavy (non-hydrogen) atoms. The van der Waals surface area contributed by atoms with E-state index >= 15 is 0 Å². The van der Waals surface area contributed by atoms with E-state index in [0.29, 0.717) is 28.2 Å². The van der Waals surface area contributed by atoms with Crippen LogP contribution in [0.5, 0.6) is 0 Å². The van der Waals surface area contributed by atoms with E-state index in [9.17, 15) is 14.0 Å². The number of thiophene rings is 1. The third kappa shape index (κ3) is 7.81. The van der Waals surface area contributed by atoms with Gasteiger partial charge in [-0.1, -0.05) is 38.1 Å². The summed E-state index contributed by atoms with van der Waals surface area (Å²) < 4.78 is 13.3. The predicted octanol–water partition coefficient (Wildman–Crippen LogP) is 4.64. The highest BCUT2D eigenvalue weighted by molar-refractivity contribution is 7.15. The summed E-state index contributed by atoms with van der Waals surface area (Å²) in [6, 6.07) is 13.3. The molecule has 0 spiro atoms. The summed E-state index contributed by atoms with van der Waals surface area (Å²) in [5.74, 6) is -1.13. The van der Waals surface area contributed by atoms with Crippen molar-refractivity contribution < 1.29 is 14.0 Å². The van der Waals surface area contributed by atoms with Crippen molar-refractivity contribution in [3.8, 4) is 0 Å². The molecule has 190 valence electrons. The van der Waals surface area contributed by atoms with Gasteiger partial charge in [0.2, 0.25) is 0 Å². The van der Waals surface area contributed by atoms with Gasteiger partial charge in [0.15, 0.2) is 0 Å². The van der Waals surface area contributed by atoms with Crippen LogP contribution in [0.25, 0.3) is 0 Å². The fourth-order valence-electron chi connectivity index (χ4n) is 3.63. The fourth-order valence-corrected chi connectivity index (χ4v) is 4.57. The van der Waals surface area contributed by atoms with Crippen molar-refractivity contribution >= 4 is 34.4 Å². The molecule has 2 aromatic carbocycles. The smallest absolute Gasteiger partial charge is 0.274 e. The Morgan fingerprint density at radius 2 is 1.86 bits per heavy atom. The van der Waals surface area contributed by atoms with E-state index in [2.05, 4.69) is 39.9 Å². The van der Waals surface area contributed by atoms with Crippen LogP contribution in [0.2, 0.25) is 0 Å². The predicted molar refractivity (Wildman–Crippen MR) is 144 cm³/mol. The third-order valence-corrected chi connectivity index (χ3v) is 6.69. The van der Waals surface area contributed by atoms with Gasteiger partial charge in [-0.2, -0.15) is 5.10 Å². The van der Waals surface area contributed by atoms with E-state index in [4.69, 9.17) is 0 Å². The minimum Gasteiger partial charge on any atom is -0.313 e. The molecule has 1 heterocycles. The summed E-state index contributed by atoms with van der Waals surface area (Å²) in [5, 5.41) is 12.4. The van der Waals surface area contributed by atoms with Crippen LogP contribution < -0.4 is 16.1 Å². The number of nitrogens with zero attached hydrogens (tertiary/aromatic N) is 2. The summed E-state index contributed by atoms with van der Waals surface area (Å²) in [7, 11) is 0. The molecule has 7 nitrogen and oxygen atoms in total. The lowest BCUT2D eigenvalue weighted by Crippen LogP contribution is -2.31. The maximum Gasteiger partial charge on any atom is 0.274 e. The lowest BCUT2D eigenvalue weighted by molar-refractivity contribution is 0.0956. The van der Waals surface area contributed by atoms with Gasteiger partial charge in [-0.3, -0.25) is 9.59 Å². The highest BCUT2D eigenvalue weighted by Crippen LogP contribution is 2.28. The molecule has 1 aromatic heterocycles. The molecular formula is C27H32FN5O2S. The molecule has 3 N–H and O–H groups in total. The molecule has 0 aliphatic rings. The summed E-state index contributed by atoms with van der Waals surface area (Å²) in [6.45, 7) is 10.6. The zero-order chi connectivity index (χ0) is 25.9. The summed E-state index contributed by atoms with van der Waals surface area (Å²) in [5.41, 5.74) is 5.57. The van der Waals surface area contributed by atoms with Gasteiger partial charge in [0.05, 0.1) is 11.8 Å². The first-order chi connectivity index (χ1) is 17.4. The molecule has 0 radical (unpaired) electrons. The molecule has 0 bridgehead atoms. The monoisotopic (exact) mass is 509 g/mol. The van der Waals surface area contributed by atoms with Crippen molar-refractivity contribution in [2.24, 2.45) is 5.10 Å². The Labute approximate surface area is 215 Å². The van der Waals surface area contributed by atoms with Crippen molar-refractivity contribution in [2.45, 2.75) is 27.3 Å². The Morgan fingerprint density at radius 3 is 2.61 bits per heavy atom. The lowest BCUT2D eigenvalue weighted by atomic mass is 10.1. The Morgan fingerprint density at radius 1 is 1.08 bits per heavy atom. The van der Waals surface area contributed by atoms with Crippen LogP contribution in [-0.4, -0.2) is 49.1 Å². The van der Waals surface area contributed by atoms with Gasteiger partial charge in [-0.05, 0) is 66.3 Å². The van der Waals surface area contributed by atoms with Gasteiger partial charge in [-0.15, -0.1) is 11.3 Å².